The number of carbonyl (C=O) groups excluding carboxylic acids is 2. The standard InChI is InChI=1S/C21H24N4O4/c1-24(2)18-10-9-14(11-19(18)25(28)29)20(26)15-5-3-4-6-16(15)21(27)23-17(12-22)13-7-8-13/h3-6,9-11,13,17H,7-8,12,22H2,1-2H3,(H,23,27). The van der Waals surface area contributed by atoms with Crippen molar-refractivity contribution in [3.63, 3.8) is 0 Å². The summed E-state index contributed by atoms with van der Waals surface area (Å²) in [5.74, 6) is -0.427. The number of anilines is 1. The topological polar surface area (TPSA) is 119 Å². The second-order valence-corrected chi connectivity index (χ2v) is 7.38. The molecule has 2 aromatic rings. The van der Waals surface area contributed by atoms with Gasteiger partial charge in [-0.3, -0.25) is 19.7 Å². The van der Waals surface area contributed by atoms with Crippen LogP contribution in [-0.4, -0.2) is 43.3 Å². The molecule has 1 unspecified atom stereocenters. The number of nitrogens with zero attached hydrogens (tertiary/aromatic N) is 2. The van der Waals surface area contributed by atoms with Crippen LogP contribution < -0.4 is 16.0 Å². The van der Waals surface area contributed by atoms with Crippen LogP contribution in [0.5, 0.6) is 0 Å². The van der Waals surface area contributed by atoms with Crippen molar-refractivity contribution < 1.29 is 14.5 Å². The average Bonchev–Trinajstić information content (AvgIpc) is 3.56. The Kier molecular flexibility index (Phi) is 5.93. The first-order valence-corrected chi connectivity index (χ1v) is 9.44. The Hall–Kier alpha value is -3.26. The third-order valence-electron chi connectivity index (χ3n) is 5.09. The number of hydrogen-bond acceptors (Lipinski definition) is 6. The second kappa shape index (κ2) is 8.40. The van der Waals surface area contributed by atoms with E-state index in [0.717, 1.165) is 12.8 Å². The predicted molar refractivity (Wildman–Crippen MR) is 110 cm³/mol. The zero-order chi connectivity index (χ0) is 21.1. The number of benzene rings is 2. The lowest BCUT2D eigenvalue weighted by Gasteiger charge is -2.17. The highest BCUT2D eigenvalue weighted by Crippen LogP contribution is 2.32. The first kappa shape index (κ1) is 20.5. The molecule has 0 radical (unpaired) electrons. The van der Waals surface area contributed by atoms with Crippen molar-refractivity contribution in [3.05, 3.63) is 69.3 Å². The molecule has 152 valence electrons. The summed E-state index contributed by atoms with van der Waals surface area (Å²) in [6, 6.07) is 10.7. The van der Waals surface area contributed by atoms with Crippen LogP contribution in [0.3, 0.4) is 0 Å². The van der Waals surface area contributed by atoms with Gasteiger partial charge in [-0.25, -0.2) is 0 Å². The molecule has 1 amide bonds. The molecule has 3 rings (SSSR count). The van der Waals surface area contributed by atoms with Crippen LogP contribution in [0.25, 0.3) is 0 Å². The van der Waals surface area contributed by atoms with Crippen LogP contribution in [0.4, 0.5) is 11.4 Å². The molecule has 0 saturated heterocycles. The molecule has 0 bridgehead atoms. The Morgan fingerprint density at radius 1 is 1.21 bits per heavy atom. The number of nitrogens with two attached hydrogens (primary N) is 1. The predicted octanol–water partition coefficient (Wildman–Crippen LogP) is 2.36. The molecule has 1 aliphatic carbocycles. The minimum atomic E-state index is -0.522. The van der Waals surface area contributed by atoms with Gasteiger partial charge in [0.05, 0.1) is 10.5 Å². The van der Waals surface area contributed by atoms with Crippen molar-refractivity contribution in [1.29, 1.82) is 0 Å². The monoisotopic (exact) mass is 396 g/mol. The van der Waals surface area contributed by atoms with Crippen molar-refractivity contribution >= 4 is 23.1 Å². The fourth-order valence-electron chi connectivity index (χ4n) is 3.34. The quantitative estimate of drug-likeness (QED) is 0.402. The molecule has 0 aromatic heterocycles. The molecule has 0 aliphatic heterocycles. The number of rotatable bonds is 8. The summed E-state index contributed by atoms with van der Waals surface area (Å²) < 4.78 is 0. The molecule has 0 heterocycles. The molecule has 3 N–H and O–H groups in total. The fourth-order valence-corrected chi connectivity index (χ4v) is 3.34. The SMILES string of the molecule is CN(C)c1ccc(C(=O)c2ccccc2C(=O)NC(CN)C2CC2)cc1[N+](=O)[O-]. The van der Waals surface area contributed by atoms with Gasteiger partial charge in [0.1, 0.15) is 5.69 Å². The number of ketones is 1. The molecule has 2 aromatic carbocycles. The van der Waals surface area contributed by atoms with Gasteiger partial charge in [-0.1, -0.05) is 18.2 Å². The van der Waals surface area contributed by atoms with Gasteiger partial charge < -0.3 is 16.0 Å². The molecular weight excluding hydrogens is 372 g/mol. The Labute approximate surface area is 168 Å². The minimum Gasteiger partial charge on any atom is -0.372 e. The Bertz CT molecular complexity index is 953. The molecule has 1 saturated carbocycles. The van der Waals surface area contributed by atoms with Gasteiger partial charge in [0.25, 0.3) is 11.6 Å². The van der Waals surface area contributed by atoms with Crippen molar-refractivity contribution in [2.75, 3.05) is 25.5 Å². The molecule has 8 nitrogen and oxygen atoms in total. The van der Waals surface area contributed by atoms with Crippen molar-refractivity contribution in [2.45, 2.75) is 18.9 Å². The zero-order valence-electron chi connectivity index (χ0n) is 16.4. The summed E-state index contributed by atoms with van der Waals surface area (Å²) >= 11 is 0. The van der Waals surface area contributed by atoms with Gasteiger partial charge in [-0.15, -0.1) is 0 Å². The third kappa shape index (κ3) is 4.43. The lowest BCUT2D eigenvalue weighted by atomic mass is 9.97. The highest BCUT2D eigenvalue weighted by atomic mass is 16.6. The number of nitrogens with one attached hydrogen (secondary N) is 1. The van der Waals surface area contributed by atoms with E-state index in [9.17, 15) is 19.7 Å². The molecule has 1 fully saturated rings. The number of amides is 1. The van der Waals surface area contributed by atoms with E-state index < -0.39 is 10.7 Å². The van der Waals surface area contributed by atoms with E-state index in [1.54, 1.807) is 43.3 Å². The van der Waals surface area contributed by atoms with E-state index in [1.807, 2.05) is 0 Å². The van der Waals surface area contributed by atoms with Crippen molar-refractivity contribution in [3.8, 4) is 0 Å². The molecular formula is C21H24N4O4. The van der Waals surface area contributed by atoms with E-state index in [1.165, 1.54) is 18.2 Å². The van der Waals surface area contributed by atoms with Crippen LogP contribution in [0.2, 0.25) is 0 Å². The smallest absolute Gasteiger partial charge is 0.293 e. The van der Waals surface area contributed by atoms with Crippen LogP contribution >= 0.6 is 0 Å². The van der Waals surface area contributed by atoms with E-state index in [2.05, 4.69) is 5.32 Å². The zero-order valence-corrected chi connectivity index (χ0v) is 16.4. The van der Waals surface area contributed by atoms with Gasteiger partial charge in [0.15, 0.2) is 5.78 Å². The first-order chi connectivity index (χ1) is 13.8. The summed E-state index contributed by atoms with van der Waals surface area (Å²) in [7, 11) is 3.38. The maximum atomic E-state index is 13.1. The summed E-state index contributed by atoms with van der Waals surface area (Å²) in [5, 5.41) is 14.3. The summed E-state index contributed by atoms with van der Waals surface area (Å²) in [6.45, 7) is 0.338. The first-order valence-electron chi connectivity index (χ1n) is 9.44. The lowest BCUT2D eigenvalue weighted by Crippen LogP contribution is -2.42. The van der Waals surface area contributed by atoms with E-state index >= 15 is 0 Å². The average molecular weight is 396 g/mol. The Morgan fingerprint density at radius 2 is 1.86 bits per heavy atom. The van der Waals surface area contributed by atoms with Gasteiger partial charge in [-0.2, -0.15) is 0 Å². The maximum absolute atomic E-state index is 13.1. The Morgan fingerprint density at radius 3 is 2.41 bits per heavy atom. The number of hydrogen-bond donors (Lipinski definition) is 2. The molecule has 8 heteroatoms. The molecule has 0 spiro atoms. The molecule has 1 aliphatic rings. The lowest BCUT2D eigenvalue weighted by molar-refractivity contribution is -0.384. The highest BCUT2D eigenvalue weighted by Gasteiger charge is 2.32. The number of nitro benzene ring substituents is 1. The molecule has 1 atom stereocenters. The maximum Gasteiger partial charge on any atom is 0.293 e. The minimum absolute atomic E-state index is 0.119. The number of nitro groups is 1. The summed E-state index contributed by atoms with van der Waals surface area (Å²) in [6.07, 6.45) is 2.06. The van der Waals surface area contributed by atoms with Crippen LogP contribution in [0, 0.1) is 16.0 Å². The summed E-state index contributed by atoms with van der Waals surface area (Å²) in [5.41, 5.74) is 6.58. The van der Waals surface area contributed by atoms with Crippen molar-refractivity contribution in [2.24, 2.45) is 11.7 Å². The van der Waals surface area contributed by atoms with Crippen molar-refractivity contribution in [1.82, 2.24) is 5.32 Å². The third-order valence-corrected chi connectivity index (χ3v) is 5.09. The molecule has 29 heavy (non-hydrogen) atoms. The van der Waals surface area contributed by atoms with E-state index in [0.29, 0.717) is 18.2 Å². The highest BCUT2D eigenvalue weighted by molar-refractivity contribution is 6.15. The second-order valence-electron chi connectivity index (χ2n) is 7.38. The van der Waals surface area contributed by atoms with Crippen LogP contribution in [0.1, 0.15) is 39.1 Å². The van der Waals surface area contributed by atoms with Gasteiger partial charge >= 0.3 is 0 Å². The fraction of sp³-hybridized carbons (Fsp3) is 0.333. The van der Waals surface area contributed by atoms with E-state index in [-0.39, 0.29) is 34.3 Å². The van der Waals surface area contributed by atoms with E-state index in [4.69, 9.17) is 5.73 Å². The van der Waals surface area contributed by atoms with Gasteiger partial charge in [0.2, 0.25) is 0 Å². The van der Waals surface area contributed by atoms with Crippen LogP contribution in [0.15, 0.2) is 42.5 Å². The van der Waals surface area contributed by atoms with Gasteiger partial charge in [0, 0.05) is 43.9 Å². The van der Waals surface area contributed by atoms with Crippen LogP contribution in [-0.2, 0) is 0 Å². The largest absolute Gasteiger partial charge is 0.372 e. The Balaban J connectivity index is 1.93. The normalized spacial score (nSPS) is 14.2. The number of carbonyl (C=O) groups is 2. The van der Waals surface area contributed by atoms with Gasteiger partial charge in [-0.05, 0) is 37.0 Å². The summed E-state index contributed by atoms with van der Waals surface area (Å²) in [4.78, 5) is 38.4.